The Morgan fingerprint density at radius 1 is 1.18 bits per heavy atom. The van der Waals surface area contributed by atoms with Crippen LogP contribution in [-0.4, -0.2) is 35.7 Å². The van der Waals surface area contributed by atoms with E-state index in [-0.39, 0.29) is 27.1 Å². The number of hydrogen-bond acceptors (Lipinski definition) is 7. The number of rotatable bonds is 7. The molecule has 0 saturated carbocycles. The van der Waals surface area contributed by atoms with Crippen molar-refractivity contribution in [2.45, 2.75) is 12.8 Å². The Hall–Kier alpha value is -3.56. The number of nitrogens with zero attached hydrogens (tertiary/aromatic N) is 1. The SMILES string of the molecule is COC(=O)C1=C(C)NC(c2ccc(OCC(=O)O)c(Cl)c2Cl)=CC1c1ccccc1[N+](=O)[O-]. The maximum atomic E-state index is 12.5. The highest BCUT2D eigenvalue weighted by molar-refractivity contribution is 6.44. The van der Waals surface area contributed by atoms with E-state index in [1.165, 1.54) is 25.3 Å². The van der Waals surface area contributed by atoms with E-state index in [1.54, 1.807) is 31.2 Å². The van der Waals surface area contributed by atoms with Crippen molar-refractivity contribution in [1.29, 1.82) is 0 Å². The molecule has 0 amide bonds. The number of carboxylic acids is 1. The van der Waals surface area contributed by atoms with Gasteiger partial charge in [-0.2, -0.15) is 0 Å². The second-order valence-corrected chi connectivity index (χ2v) is 7.71. The molecule has 1 atom stereocenters. The monoisotopic (exact) mass is 492 g/mol. The van der Waals surface area contributed by atoms with Crippen LogP contribution in [0.15, 0.2) is 53.7 Å². The molecule has 9 nitrogen and oxygen atoms in total. The fourth-order valence-corrected chi connectivity index (χ4v) is 3.97. The number of nitro benzene ring substituents is 1. The molecule has 1 unspecified atom stereocenters. The van der Waals surface area contributed by atoms with Gasteiger partial charge in [-0.1, -0.05) is 41.4 Å². The van der Waals surface area contributed by atoms with Crippen LogP contribution in [0, 0.1) is 10.1 Å². The quantitative estimate of drug-likeness (QED) is 0.327. The second kappa shape index (κ2) is 9.93. The van der Waals surface area contributed by atoms with Gasteiger partial charge in [0, 0.05) is 34.5 Å². The summed E-state index contributed by atoms with van der Waals surface area (Å²) < 4.78 is 10.0. The zero-order valence-electron chi connectivity index (χ0n) is 17.4. The lowest BCUT2D eigenvalue weighted by Crippen LogP contribution is -2.26. The number of carbonyl (C=O) groups is 2. The van der Waals surface area contributed by atoms with Gasteiger partial charge >= 0.3 is 11.9 Å². The zero-order chi connectivity index (χ0) is 24.3. The van der Waals surface area contributed by atoms with E-state index in [1.807, 2.05) is 0 Å². The average Bonchev–Trinajstić information content (AvgIpc) is 2.78. The molecular formula is C22H18Cl2N2O7. The van der Waals surface area contributed by atoms with Gasteiger partial charge in [-0.05, 0) is 25.1 Å². The van der Waals surface area contributed by atoms with Gasteiger partial charge in [0.05, 0.1) is 22.6 Å². The molecule has 0 fully saturated rings. The number of allylic oxidation sites excluding steroid dienone is 2. The molecule has 2 aromatic carbocycles. The zero-order valence-corrected chi connectivity index (χ0v) is 18.9. The largest absolute Gasteiger partial charge is 0.480 e. The Bertz CT molecular complexity index is 1210. The van der Waals surface area contributed by atoms with Crippen LogP contribution >= 0.6 is 23.2 Å². The normalized spacial score (nSPS) is 15.4. The Morgan fingerprint density at radius 2 is 1.88 bits per heavy atom. The summed E-state index contributed by atoms with van der Waals surface area (Å²) in [4.78, 5) is 34.4. The first-order valence-corrected chi connectivity index (χ1v) is 10.3. The highest BCUT2D eigenvalue weighted by atomic mass is 35.5. The van der Waals surface area contributed by atoms with Gasteiger partial charge in [-0.25, -0.2) is 9.59 Å². The highest BCUT2D eigenvalue weighted by Crippen LogP contribution is 2.42. The molecule has 0 spiro atoms. The van der Waals surface area contributed by atoms with E-state index in [4.69, 9.17) is 37.8 Å². The predicted octanol–water partition coefficient (Wildman–Crippen LogP) is 4.54. The van der Waals surface area contributed by atoms with Crippen molar-refractivity contribution in [3.63, 3.8) is 0 Å². The minimum absolute atomic E-state index is 0.000700. The lowest BCUT2D eigenvalue weighted by atomic mass is 9.85. The maximum Gasteiger partial charge on any atom is 0.341 e. The standard InChI is InChI=1S/C22H18Cl2N2O7/c1-11-19(22(29)32-2)14(12-5-3-4-6-16(12)26(30)31)9-15(25-11)13-7-8-17(21(24)20(13)23)33-10-18(27)28/h3-9,14,25H,10H2,1-2H3,(H,27,28). The summed E-state index contributed by atoms with van der Waals surface area (Å²) in [5.41, 5.74) is 1.64. The summed E-state index contributed by atoms with van der Waals surface area (Å²) in [6, 6.07) is 9.12. The number of para-hydroxylation sites is 1. The molecule has 0 radical (unpaired) electrons. The van der Waals surface area contributed by atoms with E-state index in [9.17, 15) is 19.7 Å². The molecule has 172 valence electrons. The number of nitro groups is 1. The summed E-state index contributed by atoms with van der Waals surface area (Å²) in [7, 11) is 1.23. The van der Waals surface area contributed by atoms with E-state index in [0.29, 0.717) is 22.5 Å². The van der Waals surface area contributed by atoms with Crippen LogP contribution < -0.4 is 10.1 Å². The summed E-state index contributed by atoms with van der Waals surface area (Å²) >= 11 is 12.7. The summed E-state index contributed by atoms with van der Waals surface area (Å²) in [6.45, 7) is 1.04. The minimum atomic E-state index is -1.17. The number of halogens is 2. The number of nitrogens with one attached hydrogen (secondary N) is 1. The van der Waals surface area contributed by atoms with Gasteiger partial charge in [-0.15, -0.1) is 0 Å². The van der Waals surface area contributed by atoms with Gasteiger partial charge in [0.1, 0.15) is 10.8 Å². The third-order valence-corrected chi connectivity index (χ3v) is 5.80. The lowest BCUT2D eigenvalue weighted by molar-refractivity contribution is -0.385. The first kappa shape index (κ1) is 24.1. The molecule has 0 bridgehead atoms. The summed E-state index contributed by atoms with van der Waals surface area (Å²) in [5.74, 6) is -2.54. The van der Waals surface area contributed by atoms with Gasteiger partial charge in [-0.3, -0.25) is 10.1 Å². The van der Waals surface area contributed by atoms with Crippen molar-refractivity contribution in [2.24, 2.45) is 0 Å². The van der Waals surface area contributed by atoms with Gasteiger partial charge in [0.15, 0.2) is 6.61 Å². The number of ether oxygens (including phenoxy) is 2. The Kier molecular flexibility index (Phi) is 7.25. The first-order chi connectivity index (χ1) is 15.6. The number of esters is 1. The number of dihydropyridines is 1. The number of hydrogen-bond donors (Lipinski definition) is 2. The molecule has 1 aliphatic heterocycles. The first-order valence-electron chi connectivity index (χ1n) is 9.49. The number of carboxylic acid groups (broad SMARTS) is 1. The fraction of sp³-hybridized carbons (Fsp3) is 0.182. The van der Waals surface area contributed by atoms with Crippen LogP contribution in [0.1, 0.15) is 24.0 Å². The number of methoxy groups -OCH3 is 1. The van der Waals surface area contributed by atoms with Crippen molar-refractivity contribution in [2.75, 3.05) is 13.7 Å². The number of aliphatic carboxylic acids is 1. The molecule has 1 heterocycles. The van der Waals surface area contributed by atoms with Crippen LogP contribution in [0.2, 0.25) is 10.0 Å². The molecule has 0 aromatic heterocycles. The average molecular weight is 493 g/mol. The van der Waals surface area contributed by atoms with Crippen LogP contribution in [-0.2, 0) is 14.3 Å². The fourth-order valence-electron chi connectivity index (χ4n) is 3.49. The molecule has 2 N–H and O–H groups in total. The minimum Gasteiger partial charge on any atom is -0.480 e. The molecule has 11 heteroatoms. The van der Waals surface area contributed by atoms with Crippen molar-refractivity contribution < 1.29 is 29.1 Å². The second-order valence-electron chi connectivity index (χ2n) is 6.95. The van der Waals surface area contributed by atoms with Crippen LogP contribution in [0.5, 0.6) is 5.75 Å². The van der Waals surface area contributed by atoms with E-state index in [2.05, 4.69) is 5.32 Å². The maximum absolute atomic E-state index is 12.5. The molecule has 2 aromatic rings. The third kappa shape index (κ3) is 4.94. The molecule has 1 aliphatic rings. The number of benzene rings is 2. The summed E-state index contributed by atoms with van der Waals surface area (Å²) in [5, 5.41) is 23.6. The Balaban J connectivity index is 2.14. The van der Waals surface area contributed by atoms with Crippen molar-refractivity contribution >= 4 is 46.5 Å². The third-order valence-electron chi connectivity index (χ3n) is 4.93. The van der Waals surface area contributed by atoms with E-state index >= 15 is 0 Å². The van der Waals surface area contributed by atoms with Crippen LogP contribution in [0.25, 0.3) is 5.70 Å². The Morgan fingerprint density at radius 3 is 2.52 bits per heavy atom. The topological polar surface area (TPSA) is 128 Å². The predicted molar refractivity (Wildman–Crippen MR) is 121 cm³/mol. The smallest absolute Gasteiger partial charge is 0.341 e. The molecule has 0 saturated heterocycles. The van der Waals surface area contributed by atoms with Crippen molar-refractivity contribution in [3.8, 4) is 5.75 Å². The van der Waals surface area contributed by atoms with Crippen molar-refractivity contribution in [3.05, 3.63) is 85.0 Å². The Labute approximate surface area is 198 Å². The van der Waals surface area contributed by atoms with Crippen LogP contribution in [0.4, 0.5) is 5.69 Å². The molecule has 3 rings (SSSR count). The molecular weight excluding hydrogens is 475 g/mol. The van der Waals surface area contributed by atoms with Crippen LogP contribution in [0.3, 0.4) is 0 Å². The van der Waals surface area contributed by atoms with Gasteiger partial charge in [0.2, 0.25) is 0 Å². The van der Waals surface area contributed by atoms with Crippen molar-refractivity contribution in [1.82, 2.24) is 5.32 Å². The van der Waals surface area contributed by atoms with E-state index < -0.39 is 29.4 Å². The molecule has 33 heavy (non-hydrogen) atoms. The van der Waals surface area contributed by atoms with E-state index in [0.717, 1.165) is 0 Å². The lowest BCUT2D eigenvalue weighted by Gasteiger charge is -2.27. The van der Waals surface area contributed by atoms with Gasteiger partial charge < -0.3 is 19.9 Å². The summed E-state index contributed by atoms with van der Waals surface area (Å²) in [6.07, 6.45) is 1.62. The number of carbonyl (C=O) groups excluding carboxylic acids is 1. The van der Waals surface area contributed by atoms with Gasteiger partial charge in [0.25, 0.3) is 5.69 Å². The highest BCUT2D eigenvalue weighted by Gasteiger charge is 2.33. The molecule has 0 aliphatic carbocycles.